The second-order valence-corrected chi connectivity index (χ2v) is 9.48. The van der Waals surface area contributed by atoms with Gasteiger partial charge in [-0.15, -0.1) is 0 Å². The van der Waals surface area contributed by atoms with Gasteiger partial charge in [0.05, 0.1) is 22.1 Å². The molecule has 1 aliphatic rings. The SMILES string of the molecule is COc1cc(OCC(=O)N(Cc2ccc(Cl)c(Cl)c2)[C@@H](C)C(=O)NC2CCCCC2)ccc1[N+](=O)[O-]. The second-order valence-electron chi connectivity index (χ2n) is 8.67. The number of carbonyl (C=O) groups is 2. The fraction of sp³-hybridized carbons (Fsp3) is 0.440. The van der Waals surface area contributed by atoms with Crippen LogP contribution in [0.4, 0.5) is 5.69 Å². The Morgan fingerprint density at radius 2 is 1.86 bits per heavy atom. The van der Waals surface area contributed by atoms with Crippen LogP contribution in [0, 0.1) is 10.1 Å². The summed E-state index contributed by atoms with van der Waals surface area (Å²) in [5, 5.41) is 14.9. The molecule has 1 saturated carbocycles. The number of rotatable bonds is 10. The number of nitrogens with zero attached hydrogens (tertiary/aromatic N) is 2. The third-order valence-electron chi connectivity index (χ3n) is 6.17. The van der Waals surface area contributed by atoms with Crippen molar-refractivity contribution in [2.45, 2.75) is 57.7 Å². The minimum absolute atomic E-state index is 0.0119. The molecular formula is C25H29Cl2N3O6. The van der Waals surface area contributed by atoms with Gasteiger partial charge in [0, 0.05) is 24.7 Å². The number of methoxy groups -OCH3 is 1. The Balaban J connectivity index is 1.75. The predicted molar refractivity (Wildman–Crippen MR) is 137 cm³/mol. The number of carbonyl (C=O) groups excluding carboxylic acids is 2. The number of hydrogen-bond donors (Lipinski definition) is 1. The molecule has 2 amide bonds. The lowest BCUT2D eigenvalue weighted by Crippen LogP contribution is -2.51. The maximum absolute atomic E-state index is 13.3. The van der Waals surface area contributed by atoms with E-state index in [0.29, 0.717) is 15.6 Å². The van der Waals surface area contributed by atoms with Crippen molar-refractivity contribution in [2.24, 2.45) is 0 Å². The lowest BCUT2D eigenvalue weighted by molar-refractivity contribution is -0.385. The molecule has 0 bridgehead atoms. The molecule has 1 fully saturated rings. The van der Waals surface area contributed by atoms with Gasteiger partial charge in [-0.3, -0.25) is 19.7 Å². The Kier molecular flexibility index (Phi) is 9.78. The first-order chi connectivity index (χ1) is 17.2. The molecule has 0 saturated heterocycles. The molecule has 2 aromatic carbocycles. The van der Waals surface area contributed by atoms with E-state index in [1.54, 1.807) is 25.1 Å². The van der Waals surface area contributed by atoms with Crippen LogP contribution in [0.1, 0.15) is 44.6 Å². The molecule has 0 aromatic heterocycles. The summed E-state index contributed by atoms with van der Waals surface area (Å²) in [6.07, 6.45) is 5.14. The summed E-state index contributed by atoms with van der Waals surface area (Å²) in [5.74, 6) is -0.450. The third-order valence-corrected chi connectivity index (χ3v) is 6.91. The predicted octanol–water partition coefficient (Wildman–Crippen LogP) is 5.16. The fourth-order valence-electron chi connectivity index (χ4n) is 4.11. The molecule has 0 heterocycles. The van der Waals surface area contributed by atoms with Crippen LogP contribution >= 0.6 is 23.2 Å². The minimum Gasteiger partial charge on any atom is -0.490 e. The minimum atomic E-state index is -0.774. The highest BCUT2D eigenvalue weighted by Gasteiger charge is 2.29. The summed E-state index contributed by atoms with van der Waals surface area (Å²) in [6.45, 7) is 1.40. The van der Waals surface area contributed by atoms with Gasteiger partial charge in [0.15, 0.2) is 6.61 Å². The Labute approximate surface area is 219 Å². The number of nitrogens with one attached hydrogen (secondary N) is 1. The van der Waals surface area contributed by atoms with Gasteiger partial charge < -0.3 is 19.7 Å². The first-order valence-electron chi connectivity index (χ1n) is 11.7. The normalized spacial score (nSPS) is 14.6. The van der Waals surface area contributed by atoms with Gasteiger partial charge in [-0.2, -0.15) is 0 Å². The second kappa shape index (κ2) is 12.8. The van der Waals surface area contributed by atoms with E-state index < -0.39 is 16.9 Å². The smallest absolute Gasteiger partial charge is 0.311 e. The summed E-state index contributed by atoms with van der Waals surface area (Å²) in [5.41, 5.74) is 0.484. The number of ether oxygens (including phenoxy) is 2. The molecule has 9 nitrogen and oxygen atoms in total. The van der Waals surface area contributed by atoms with Crippen molar-refractivity contribution in [2.75, 3.05) is 13.7 Å². The average molecular weight is 538 g/mol. The Hall–Kier alpha value is -3.04. The van der Waals surface area contributed by atoms with Crippen LogP contribution in [-0.4, -0.2) is 47.4 Å². The quantitative estimate of drug-likeness (QED) is 0.331. The standard InChI is InChI=1S/C25H29Cl2N3O6/c1-16(25(32)28-18-6-4-3-5-7-18)29(14-17-8-10-20(26)21(27)12-17)24(31)15-36-19-9-11-22(30(33)34)23(13-19)35-2/h8-13,16,18H,3-7,14-15H2,1-2H3,(H,28,32)/t16-/m0/s1. The molecule has 0 radical (unpaired) electrons. The first-order valence-corrected chi connectivity index (χ1v) is 12.4. The van der Waals surface area contributed by atoms with Crippen molar-refractivity contribution in [3.05, 3.63) is 62.1 Å². The average Bonchev–Trinajstić information content (AvgIpc) is 2.87. The number of nitro groups is 1. The fourth-order valence-corrected chi connectivity index (χ4v) is 4.43. The molecule has 11 heteroatoms. The Morgan fingerprint density at radius 3 is 2.50 bits per heavy atom. The van der Waals surface area contributed by atoms with Crippen LogP contribution < -0.4 is 14.8 Å². The van der Waals surface area contributed by atoms with Gasteiger partial charge in [0.2, 0.25) is 11.7 Å². The van der Waals surface area contributed by atoms with E-state index in [2.05, 4.69) is 5.32 Å². The van der Waals surface area contributed by atoms with Crippen LogP contribution in [0.3, 0.4) is 0 Å². The van der Waals surface area contributed by atoms with Crippen LogP contribution in [0.15, 0.2) is 36.4 Å². The highest BCUT2D eigenvalue weighted by atomic mass is 35.5. The zero-order valence-electron chi connectivity index (χ0n) is 20.2. The highest BCUT2D eigenvalue weighted by Crippen LogP contribution is 2.31. The van der Waals surface area contributed by atoms with Crippen molar-refractivity contribution in [1.29, 1.82) is 0 Å². The number of benzene rings is 2. The molecule has 0 unspecified atom stereocenters. The van der Waals surface area contributed by atoms with Gasteiger partial charge in [0.1, 0.15) is 11.8 Å². The summed E-state index contributed by atoms with van der Waals surface area (Å²) in [4.78, 5) is 38.3. The zero-order valence-corrected chi connectivity index (χ0v) is 21.7. The molecule has 1 atom stereocenters. The molecule has 194 valence electrons. The van der Waals surface area contributed by atoms with E-state index in [1.807, 2.05) is 0 Å². The number of halogens is 2. The topological polar surface area (TPSA) is 111 Å². The molecule has 0 spiro atoms. The van der Waals surface area contributed by atoms with E-state index in [1.165, 1.54) is 30.2 Å². The van der Waals surface area contributed by atoms with Crippen LogP contribution in [-0.2, 0) is 16.1 Å². The summed E-state index contributed by atoms with van der Waals surface area (Å²) in [6, 6.07) is 8.31. The summed E-state index contributed by atoms with van der Waals surface area (Å²) < 4.78 is 10.7. The molecular weight excluding hydrogens is 509 g/mol. The molecule has 2 aromatic rings. The van der Waals surface area contributed by atoms with Crippen molar-refractivity contribution in [1.82, 2.24) is 10.2 Å². The Morgan fingerprint density at radius 1 is 1.14 bits per heavy atom. The monoisotopic (exact) mass is 537 g/mol. The van der Waals surface area contributed by atoms with E-state index >= 15 is 0 Å². The first kappa shape index (κ1) is 27.5. The maximum Gasteiger partial charge on any atom is 0.311 e. The summed E-state index contributed by atoms with van der Waals surface area (Å²) in [7, 11) is 1.31. The summed E-state index contributed by atoms with van der Waals surface area (Å²) >= 11 is 12.2. The maximum atomic E-state index is 13.3. The van der Waals surface area contributed by atoms with Gasteiger partial charge >= 0.3 is 5.69 Å². The third kappa shape index (κ3) is 7.24. The zero-order chi connectivity index (χ0) is 26.2. The van der Waals surface area contributed by atoms with Crippen molar-refractivity contribution in [3.63, 3.8) is 0 Å². The van der Waals surface area contributed by atoms with Gasteiger partial charge in [-0.05, 0) is 43.5 Å². The Bertz CT molecular complexity index is 1110. The largest absolute Gasteiger partial charge is 0.490 e. The lowest BCUT2D eigenvalue weighted by Gasteiger charge is -2.31. The lowest BCUT2D eigenvalue weighted by atomic mass is 9.95. The van der Waals surface area contributed by atoms with Crippen molar-refractivity contribution in [3.8, 4) is 11.5 Å². The van der Waals surface area contributed by atoms with E-state index in [0.717, 1.165) is 32.1 Å². The molecule has 1 aliphatic carbocycles. The van der Waals surface area contributed by atoms with E-state index in [9.17, 15) is 19.7 Å². The highest BCUT2D eigenvalue weighted by molar-refractivity contribution is 6.42. The van der Waals surface area contributed by atoms with Gasteiger partial charge in [0.25, 0.3) is 5.91 Å². The van der Waals surface area contributed by atoms with Gasteiger partial charge in [-0.25, -0.2) is 0 Å². The van der Waals surface area contributed by atoms with Crippen LogP contribution in [0.5, 0.6) is 11.5 Å². The van der Waals surface area contributed by atoms with Gasteiger partial charge in [-0.1, -0.05) is 48.5 Å². The molecule has 36 heavy (non-hydrogen) atoms. The molecule has 0 aliphatic heterocycles. The van der Waals surface area contributed by atoms with E-state index in [4.69, 9.17) is 32.7 Å². The molecule has 3 rings (SSSR count). The van der Waals surface area contributed by atoms with E-state index in [-0.39, 0.29) is 42.3 Å². The van der Waals surface area contributed by atoms with Crippen LogP contribution in [0.25, 0.3) is 0 Å². The molecule has 1 N–H and O–H groups in total. The number of hydrogen-bond acceptors (Lipinski definition) is 6. The van der Waals surface area contributed by atoms with Crippen molar-refractivity contribution >= 4 is 40.7 Å². The van der Waals surface area contributed by atoms with Crippen molar-refractivity contribution < 1.29 is 24.0 Å². The van der Waals surface area contributed by atoms with Crippen LogP contribution in [0.2, 0.25) is 10.0 Å². The number of amides is 2. The number of nitro benzene ring substituents is 1.